The second-order valence-corrected chi connectivity index (χ2v) is 3.55. The summed E-state index contributed by atoms with van der Waals surface area (Å²) in [6.07, 6.45) is 2.36. The van der Waals surface area contributed by atoms with Gasteiger partial charge in [0, 0.05) is 19.2 Å². The second kappa shape index (κ2) is 6.03. The van der Waals surface area contributed by atoms with Crippen molar-refractivity contribution in [3.63, 3.8) is 0 Å². The van der Waals surface area contributed by atoms with Crippen LogP contribution in [0, 0.1) is 5.82 Å². The van der Waals surface area contributed by atoms with Crippen LogP contribution >= 0.6 is 0 Å². The number of hydrogen-bond donors (Lipinski definition) is 1. The number of anilines is 1. The molecule has 0 atom stereocenters. The van der Waals surface area contributed by atoms with Crippen LogP contribution in [0.25, 0.3) is 6.08 Å². The highest BCUT2D eigenvalue weighted by atomic mass is 19.1. The highest BCUT2D eigenvalue weighted by Crippen LogP contribution is 2.20. The van der Waals surface area contributed by atoms with Crippen LogP contribution < -0.4 is 4.90 Å². The van der Waals surface area contributed by atoms with Crippen molar-refractivity contribution in [3.8, 4) is 0 Å². The van der Waals surface area contributed by atoms with E-state index in [0.29, 0.717) is 11.3 Å². The number of hydrogen-bond acceptors (Lipinski definition) is 2. The molecule has 0 amide bonds. The smallest absolute Gasteiger partial charge is 0.328 e. The average molecular weight is 237 g/mol. The van der Waals surface area contributed by atoms with Crippen molar-refractivity contribution >= 4 is 17.7 Å². The molecule has 0 fully saturated rings. The van der Waals surface area contributed by atoms with Crippen molar-refractivity contribution in [3.05, 3.63) is 35.7 Å². The predicted octanol–water partition coefficient (Wildman–Crippen LogP) is 2.77. The van der Waals surface area contributed by atoms with Gasteiger partial charge < -0.3 is 10.0 Å². The maximum absolute atomic E-state index is 13.8. The molecular weight excluding hydrogens is 221 g/mol. The lowest BCUT2D eigenvalue weighted by atomic mass is 10.1. The third-order valence-electron chi connectivity index (χ3n) is 2.49. The Bertz CT molecular complexity index is 425. The van der Waals surface area contributed by atoms with E-state index >= 15 is 0 Å². The summed E-state index contributed by atoms with van der Waals surface area (Å²) in [5.74, 6) is -1.38. The second-order valence-electron chi connectivity index (χ2n) is 3.55. The Morgan fingerprint density at radius 2 is 2.06 bits per heavy atom. The van der Waals surface area contributed by atoms with Gasteiger partial charge in [-0.05, 0) is 37.6 Å². The van der Waals surface area contributed by atoms with Gasteiger partial charge in [-0.25, -0.2) is 9.18 Å². The van der Waals surface area contributed by atoms with E-state index in [-0.39, 0.29) is 5.82 Å². The van der Waals surface area contributed by atoms with Crippen LogP contribution in [0.5, 0.6) is 0 Å². The molecule has 0 aromatic heterocycles. The van der Waals surface area contributed by atoms with Gasteiger partial charge in [-0.2, -0.15) is 0 Å². The molecule has 17 heavy (non-hydrogen) atoms. The van der Waals surface area contributed by atoms with Crippen molar-refractivity contribution in [1.29, 1.82) is 0 Å². The van der Waals surface area contributed by atoms with Crippen LogP contribution in [0.1, 0.15) is 19.4 Å². The van der Waals surface area contributed by atoms with Crippen molar-refractivity contribution in [2.45, 2.75) is 13.8 Å². The Morgan fingerprint density at radius 3 is 2.53 bits per heavy atom. The molecule has 1 rings (SSSR count). The highest BCUT2D eigenvalue weighted by Gasteiger charge is 2.08. The van der Waals surface area contributed by atoms with E-state index in [0.717, 1.165) is 19.2 Å². The van der Waals surface area contributed by atoms with Crippen molar-refractivity contribution in [1.82, 2.24) is 0 Å². The lowest BCUT2D eigenvalue weighted by Crippen LogP contribution is -2.22. The van der Waals surface area contributed by atoms with E-state index in [1.807, 2.05) is 18.7 Å². The van der Waals surface area contributed by atoms with Gasteiger partial charge in [-0.3, -0.25) is 0 Å². The van der Waals surface area contributed by atoms with Crippen LogP contribution in [-0.4, -0.2) is 24.2 Å². The van der Waals surface area contributed by atoms with E-state index in [1.54, 1.807) is 12.1 Å². The molecule has 0 saturated heterocycles. The topological polar surface area (TPSA) is 40.5 Å². The Balaban J connectivity index is 2.97. The van der Waals surface area contributed by atoms with Gasteiger partial charge in [0.1, 0.15) is 5.82 Å². The van der Waals surface area contributed by atoms with Gasteiger partial charge in [0.25, 0.3) is 0 Å². The first-order valence-corrected chi connectivity index (χ1v) is 5.54. The summed E-state index contributed by atoms with van der Waals surface area (Å²) in [7, 11) is 0. The normalized spacial score (nSPS) is 10.8. The summed E-state index contributed by atoms with van der Waals surface area (Å²) in [5.41, 5.74) is 1.09. The van der Waals surface area contributed by atoms with E-state index in [1.165, 1.54) is 12.1 Å². The lowest BCUT2D eigenvalue weighted by Gasteiger charge is -2.21. The molecule has 0 radical (unpaired) electrons. The molecule has 0 spiro atoms. The fourth-order valence-corrected chi connectivity index (χ4v) is 1.62. The number of carbonyl (C=O) groups is 1. The Labute approximate surface area is 100 Å². The largest absolute Gasteiger partial charge is 0.478 e. The zero-order valence-corrected chi connectivity index (χ0v) is 9.98. The van der Waals surface area contributed by atoms with E-state index < -0.39 is 5.97 Å². The molecule has 0 saturated carbocycles. The van der Waals surface area contributed by atoms with Crippen LogP contribution in [-0.2, 0) is 4.79 Å². The number of benzene rings is 1. The van der Waals surface area contributed by atoms with Crippen molar-refractivity contribution in [2.24, 2.45) is 0 Å². The molecule has 0 heterocycles. The van der Waals surface area contributed by atoms with Gasteiger partial charge in [-0.1, -0.05) is 6.07 Å². The quantitative estimate of drug-likeness (QED) is 0.800. The minimum atomic E-state index is -1.04. The third kappa shape index (κ3) is 3.59. The number of aliphatic carboxylic acids is 1. The van der Waals surface area contributed by atoms with E-state index in [2.05, 4.69) is 0 Å². The zero-order valence-electron chi connectivity index (χ0n) is 9.98. The number of carboxylic acids is 1. The minimum Gasteiger partial charge on any atom is -0.478 e. The predicted molar refractivity (Wildman–Crippen MR) is 66.6 cm³/mol. The molecule has 0 aliphatic rings. The Kier molecular flexibility index (Phi) is 4.69. The fourth-order valence-electron chi connectivity index (χ4n) is 1.62. The minimum absolute atomic E-state index is 0.332. The fraction of sp³-hybridized carbons (Fsp3) is 0.308. The number of rotatable bonds is 5. The summed E-state index contributed by atoms with van der Waals surface area (Å²) in [5, 5.41) is 8.47. The maximum atomic E-state index is 13.8. The molecule has 4 heteroatoms. The van der Waals surface area contributed by atoms with Crippen molar-refractivity contribution in [2.75, 3.05) is 18.0 Å². The Hall–Kier alpha value is -1.84. The zero-order chi connectivity index (χ0) is 12.8. The number of halogens is 1. The number of nitrogens with zero attached hydrogens (tertiary/aromatic N) is 1. The van der Waals surface area contributed by atoms with Gasteiger partial charge in [-0.15, -0.1) is 0 Å². The summed E-state index contributed by atoms with van der Waals surface area (Å²) in [6, 6.07) is 4.72. The third-order valence-corrected chi connectivity index (χ3v) is 2.49. The van der Waals surface area contributed by atoms with E-state index in [9.17, 15) is 9.18 Å². The van der Waals surface area contributed by atoms with Crippen LogP contribution in [0.2, 0.25) is 0 Å². The molecule has 0 aliphatic heterocycles. The first kappa shape index (κ1) is 13.2. The van der Waals surface area contributed by atoms with Gasteiger partial charge in [0.05, 0.1) is 5.69 Å². The van der Waals surface area contributed by atoms with Crippen LogP contribution in [0.15, 0.2) is 24.3 Å². The molecule has 92 valence electrons. The first-order chi connectivity index (χ1) is 8.08. The maximum Gasteiger partial charge on any atom is 0.328 e. The van der Waals surface area contributed by atoms with Gasteiger partial charge in [0.15, 0.2) is 0 Å². The molecule has 0 aliphatic carbocycles. The summed E-state index contributed by atoms with van der Waals surface area (Å²) in [6.45, 7) is 5.39. The molecular formula is C13H16FNO2. The lowest BCUT2D eigenvalue weighted by molar-refractivity contribution is -0.131. The van der Waals surface area contributed by atoms with Crippen molar-refractivity contribution < 1.29 is 14.3 Å². The van der Waals surface area contributed by atoms with Gasteiger partial charge >= 0.3 is 5.97 Å². The first-order valence-electron chi connectivity index (χ1n) is 5.54. The molecule has 1 N–H and O–H groups in total. The summed E-state index contributed by atoms with van der Waals surface area (Å²) in [4.78, 5) is 12.2. The van der Waals surface area contributed by atoms with E-state index in [4.69, 9.17) is 5.11 Å². The van der Waals surface area contributed by atoms with Gasteiger partial charge in [0.2, 0.25) is 0 Å². The monoisotopic (exact) mass is 237 g/mol. The average Bonchev–Trinajstić information content (AvgIpc) is 2.30. The molecule has 3 nitrogen and oxygen atoms in total. The molecule has 1 aromatic carbocycles. The SMILES string of the molecule is CCN(CC)c1ccc(/C=C/C(=O)O)cc1F. The molecule has 0 unspecified atom stereocenters. The Morgan fingerprint density at radius 1 is 1.41 bits per heavy atom. The van der Waals surface area contributed by atoms with Crippen LogP contribution in [0.3, 0.4) is 0 Å². The summed E-state index contributed by atoms with van der Waals surface area (Å²) < 4.78 is 13.8. The number of carboxylic acid groups (broad SMARTS) is 1. The molecule has 1 aromatic rings. The van der Waals surface area contributed by atoms with Crippen LogP contribution in [0.4, 0.5) is 10.1 Å². The molecule has 0 bridgehead atoms. The summed E-state index contributed by atoms with van der Waals surface area (Å²) >= 11 is 0. The highest BCUT2D eigenvalue weighted by molar-refractivity contribution is 5.85. The standard InChI is InChI=1S/C13H16FNO2/c1-3-15(4-2)12-7-5-10(9-11(12)14)6-8-13(16)17/h5-9H,3-4H2,1-2H3,(H,16,17)/b8-6+.